The van der Waals surface area contributed by atoms with Gasteiger partial charge in [0.2, 0.25) is 0 Å². The van der Waals surface area contributed by atoms with Gasteiger partial charge in [-0.3, -0.25) is 0 Å². The lowest BCUT2D eigenvalue weighted by Gasteiger charge is -2.28. The summed E-state index contributed by atoms with van der Waals surface area (Å²) < 4.78 is 0. The highest BCUT2D eigenvalue weighted by Gasteiger charge is 2.18. The molecule has 0 atom stereocenters. The number of anilines is 6. The SMILES string of the molecule is C=Cc1cccc2c(N(c3ccccc3)c3ccc(-c4ccc(N(c5ccccc5)c5ccc(C=C)c6ccccc56)cc4)cc3)cccc12. The number of hydrogen-bond donors (Lipinski definition) is 0. The molecule has 8 aromatic carbocycles. The zero-order valence-corrected chi connectivity index (χ0v) is 27.8. The summed E-state index contributed by atoms with van der Waals surface area (Å²) in [6.07, 6.45) is 3.86. The van der Waals surface area contributed by atoms with Gasteiger partial charge in [-0.2, -0.15) is 0 Å². The van der Waals surface area contributed by atoms with Crippen LogP contribution >= 0.6 is 0 Å². The number of para-hydroxylation sites is 2. The van der Waals surface area contributed by atoms with Crippen LogP contribution in [0.2, 0.25) is 0 Å². The summed E-state index contributed by atoms with van der Waals surface area (Å²) in [6, 6.07) is 64.7. The maximum atomic E-state index is 4.05. The van der Waals surface area contributed by atoms with Gasteiger partial charge in [-0.15, -0.1) is 0 Å². The summed E-state index contributed by atoms with van der Waals surface area (Å²) in [5.41, 5.74) is 11.2. The van der Waals surface area contributed by atoms with Crippen LogP contribution in [0.15, 0.2) is 195 Å². The van der Waals surface area contributed by atoms with Gasteiger partial charge in [-0.05, 0) is 93.7 Å². The molecule has 8 rings (SSSR count). The molecule has 0 aliphatic heterocycles. The van der Waals surface area contributed by atoms with E-state index < -0.39 is 0 Å². The molecule has 8 aromatic rings. The molecular weight excluding hydrogens is 605 g/mol. The summed E-state index contributed by atoms with van der Waals surface area (Å²) in [4.78, 5) is 4.67. The Kier molecular flexibility index (Phi) is 8.26. The van der Waals surface area contributed by atoms with Gasteiger partial charge in [-0.25, -0.2) is 0 Å². The zero-order valence-electron chi connectivity index (χ0n) is 27.8. The molecule has 0 unspecified atom stereocenters. The fourth-order valence-corrected chi connectivity index (χ4v) is 6.98. The fourth-order valence-electron chi connectivity index (χ4n) is 6.98. The molecule has 0 saturated carbocycles. The minimum Gasteiger partial charge on any atom is -0.310 e. The summed E-state index contributed by atoms with van der Waals surface area (Å²) in [7, 11) is 0. The molecule has 0 aromatic heterocycles. The summed E-state index contributed by atoms with van der Waals surface area (Å²) >= 11 is 0. The van der Waals surface area contributed by atoms with E-state index in [1.54, 1.807) is 0 Å². The van der Waals surface area contributed by atoms with Crippen molar-refractivity contribution in [2.24, 2.45) is 0 Å². The Balaban J connectivity index is 1.17. The van der Waals surface area contributed by atoms with Crippen LogP contribution in [-0.4, -0.2) is 0 Å². The third kappa shape index (κ3) is 5.63. The first-order valence-electron chi connectivity index (χ1n) is 16.9. The van der Waals surface area contributed by atoms with Gasteiger partial charge in [-0.1, -0.05) is 147 Å². The molecule has 0 spiro atoms. The Morgan fingerprint density at radius 2 is 0.680 bits per heavy atom. The quantitative estimate of drug-likeness (QED) is 0.155. The highest BCUT2D eigenvalue weighted by atomic mass is 15.1. The zero-order chi connectivity index (χ0) is 33.9. The van der Waals surface area contributed by atoms with Crippen molar-refractivity contribution >= 4 is 67.8 Å². The Morgan fingerprint density at radius 3 is 1.20 bits per heavy atom. The van der Waals surface area contributed by atoms with Crippen molar-refractivity contribution in [2.45, 2.75) is 0 Å². The molecule has 2 nitrogen and oxygen atoms in total. The number of hydrogen-bond acceptors (Lipinski definition) is 2. The van der Waals surface area contributed by atoms with E-state index in [1.165, 1.54) is 21.5 Å². The minimum absolute atomic E-state index is 1.10. The van der Waals surface area contributed by atoms with Gasteiger partial charge in [0.25, 0.3) is 0 Å². The lowest BCUT2D eigenvalue weighted by molar-refractivity contribution is 1.29. The lowest BCUT2D eigenvalue weighted by Crippen LogP contribution is -2.10. The first-order chi connectivity index (χ1) is 24.7. The molecule has 0 aliphatic carbocycles. The van der Waals surface area contributed by atoms with Gasteiger partial charge >= 0.3 is 0 Å². The number of benzene rings is 8. The topological polar surface area (TPSA) is 6.48 Å². The van der Waals surface area contributed by atoms with Crippen LogP contribution in [0.3, 0.4) is 0 Å². The molecule has 0 bridgehead atoms. The lowest BCUT2D eigenvalue weighted by atomic mass is 10.00. The number of rotatable bonds is 9. The van der Waals surface area contributed by atoms with Crippen molar-refractivity contribution < 1.29 is 0 Å². The second-order valence-corrected chi connectivity index (χ2v) is 12.3. The van der Waals surface area contributed by atoms with E-state index in [2.05, 4.69) is 205 Å². The highest BCUT2D eigenvalue weighted by Crippen LogP contribution is 2.42. The third-order valence-electron chi connectivity index (χ3n) is 9.40. The van der Waals surface area contributed by atoms with Crippen LogP contribution in [0.25, 0.3) is 44.8 Å². The van der Waals surface area contributed by atoms with Crippen LogP contribution < -0.4 is 9.80 Å². The molecule has 0 aliphatic rings. The van der Waals surface area contributed by atoms with Gasteiger partial charge in [0.05, 0.1) is 11.4 Å². The minimum atomic E-state index is 1.10. The predicted octanol–water partition coefficient (Wildman–Crippen LogP) is 13.9. The van der Waals surface area contributed by atoms with Gasteiger partial charge in [0.1, 0.15) is 0 Å². The largest absolute Gasteiger partial charge is 0.310 e. The molecule has 0 N–H and O–H groups in total. The number of nitrogens with zero attached hydrogens (tertiary/aromatic N) is 2. The molecule has 0 fully saturated rings. The van der Waals surface area contributed by atoms with Gasteiger partial charge < -0.3 is 9.80 Å². The van der Waals surface area contributed by atoms with Crippen LogP contribution in [0.1, 0.15) is 11.1 Å². The van der Waals surface area contributed by atoms with Crippen molar-refractivity contribution in [2.75, 3.05) is 9.80 Å². The van der Waals surface area contributed by atoms with Crippen molar-refractivity contribution in [3.63, 3.8) is 0 Å². The average Bonchev–Trinajstić information content (AvgIpc) is 3.19. The van der Waals surface area contributed by atoms with E-state index in [-0.39, 0.29) is 0 Å². The highest BCUT2D eigenvalue weighted by molar-refractivity contribution is 6.04. The second kappa shape index (κ2) is 13.5. The normalized spacial score (nSPS) is 11.0. The van der Waals surface area contributed by atoms with Crippen molar-refractivity contribution in [3.8, 4) is 11.1 Å². The van der Waals surface area contributed by atoms with Gasteiger partial charge in [0, 0.05) is 33.5 Å². The smallest absolute Gasteiger partial charge is 0.0540 e. The first kappa shape index (κ1) is 30.7. The molecule has 0 radical (unpaired) electrons. The van der Waals surface area contributed by atoms with Crippen molar-refractivity contribution in [3.05, 3.63) is 206 Å². The molecule has 238 valence electrons. The maximum Gasteiger partial charge on any atom is 0.0540 e. The monoisotopic (exact) mass is 640 g/mol. The number of fused-ring (bicyclic) bond motifs is 2. The van der Waals surface area contributed by atoms with E-state index in [9.17, 15) is 0 Å². The molecular formula is C48H36N2. The molecule has 0 saturated heterocycles. The van der Waals surface area contributed by atoms with E-state index in [0.717, 1.165) is 56.4 Å². The maximum absolute atomic E-state index is 4.05. The molecule has 0 heterocycles. The predicted molar refractivity (Wildman–Crippen MR) is 216 cm³/mol. The van der Waals surface area contributed by atoms with Gasteiger partial charge in [0.15, 0.2) is 0 Å². The van der Waals surface area contributed by atoms with E-state index in [4.69, 9.17) is 0 Å². The molecule has 0 amide bonds. The van der Waals surface area contributed by atoms with Crippen LogP contribution in [0.5, 0.6) is 0 Å². The second-order valence-electron chi connectivity index (χ2n) is 12.3. The Hall–Kier alpha value is -6.64. The first-order valence-corrected chi connectivity index (χ1v) is 16.9. The molecule has 50 heavy (non-hydrogen) atoms. The third-order valence-corrected chi connectivity index (χ3v) is 9.40. The van der Waals surface area contributed by atoms with Crippen molar-refractivity contribution in [1.29, 1.82) is 0 Å². The fraction of sp³-hybridized carbons (Fsp3) is 0. The summed E-state index contributed by atoms with van der Waals surface area (Å²) in [5.74, 6) is 0. The Morgan fingerprint density at radius 1 is 0.300 bits per heavy atom. The molecule has 2 heteroatoms. The van der Waals surface area contributed by atoms with Crippen LogP contribution in [-0.2, 0) is 0 Å². The van der Waals surface area contributed by atoms with Crippen LogP contribution in [0.4, 0.5) is 34.1 Å². The van der Waals surface area contributed by atoms with Crippen LogP contribution in [0, 0.1) is 0 Å². The Bertz CT molecular complexity index is 2320. The average molecular weight is 641 g/mol. The van der Waals surface area contributed by atoms with E-state index in [1.807, 2.05) is 12.2 Å². The van der Waals surface area contributed by atoms with E-state index >= 15 is 0 Å². The Labute approximate surface area is 294 Å². The van der Waals surface area contributed by atoms with Crippen molar-refractivity contribution in [1.82, 2.24) is 0 Å². The summed E-state index contributed by atoms with van der Waals surface area (Å²) in [6.45, 7) is 8.11. The van der Waals surface area contributed by atoms with E-state index in [0.29, 0.717) is 0 Å². The standard InChI is InChI=1S/C48H36N2/c1-3-35-15-13-23-46-44(35)22-14-24-47(46)49(39-16-7-5-8-17-39)41-30-25-37(26-31-41)38-27-32-42(33-28-38)50(40-18-9-6-10-19-40)48-34-29-36(4-2)43-20-11-12-21-45(43)48/h3-34H,1-2H2. The summed E-state index contributed by atoms with van der Waals surface area (Å²) in [5, 5.41) is 4.74.